The van der Waals surface area contributed by atoms with Gasteiger partial charge in [0.25, 0.3) is 0 Å². The normalized spacial score (nSPS) is 18.7. The number of rotatable bonds is 6. The lowest BCUT2D eigenvalue weighted by atomic mass is 10.2. The first kappa shape index (κ1) is 16.8. The molecule has 0 spiro atoms. The lowest BCUT2D eigenvalue weighted by Gasteiger charge is -2.34. The van der Waals surface area contributed by atoms with E-state index in [1.54, 1.807) is 18.2 Å². The molecule has 1 aromatic carbocycles. The Balaban J connectivity index is 1.73. The number of benzene rings is 1. The van der Waals surface area contributed by atoms with Gasteiger partial charge in [0.05, 0.1) is 5.02 Å². The Labute approximate surface area is 136 Å². The summed E-state index contributed by atoms with van der Waals surface area (Å²) in [7, 11) is 0. The summed E-state index contributed by atoms with van der Waals surface area (Å²) < 4.78 is 5.56. The fourth-order valence-electron chi connectivity index (χ4n) is 2.42. The summed E-state index contributed by atoms with van der Waals surface area (Å²) >= 11 is 11.9. The molecular weight excluding hydrogens is 311 g/mol. The fraction of sp³-hybridized carbons (Fsp3) is 0.600. The molecule has 118 valence electrons. The molecule has 0 aromatic heterocycles. The van der Waals surface area contributed by atoms with Gasteiger partial charge in [0.2, 0.25) is 0 Å². The topological polar surface area (TPSA) is 35.9 Å². The van der Waals surface area contributed by atoms with Crippen LogP contribution in [0.3, 0.4) is 0 Å². The second-order valence-electron chi connectivity index (χ2n) is 5.27. The largest absolute Gasteiger partial charge is 0.489 e. The van der Waals surface area contributed by atoms with Crippen LogP contribution in [0.2, 0.25) is 10.0 Å². The smallest absolute Gasteiger partial charge is 0.138 e. The van der Waals surface area contributed by atoms with Crippen molar-refractivity contribution < 1.29 is 9.84 Å². The van der Waals surface area contributed by atoms with E-state index in [9.17, 15) is 5.11 Å². The average molecular weight is 333 g/mol. The molecule has 0 radical (unpaired) electrons. The van der Waals surface area contributed by atoms with Gasteiger partial charge in [-0.3, -0.25) is 4.90 Å². The van der Waals surface area contributed by atoms with Gasteiger partial charge < -0.3 is 14.7 Å². The van der Waals surface area contributed by atoms with Gasteiger partial charge in [-0.2, -0.15) is 0 Å². The van der Waals surface area contributed by atoms with Crippen LogP contribution in [0.1, 0.15) is 6.92 Å². The van der Waals surface area contributed by atoms with Gasteiger partial charge in [0, 0.05) is 37.7 Å². The molecule has 1 heterocycles. The van der Waals surface area contributed by atoms with Gasteiger partial charge in [-0.1, -0.05) is 30.1 Å². The number of β-amino-alcohol motifs (C(OH)–C–C–N with tert-alkyl or cyclic N) is 1. The number of likely N-dealkylation sites (N-methyl/N-ethyl adjacent to an activating group) is 1. The molecule has 1 atom stereocenters. The minimum Gasteiger partial charge on any atom is -0.489 e. The summed E-state index contributed by atoms with van der Waals surface area (Å²) in [5.41, 5.74) is 0. The number of halogens is 2. The lowest BCUT2D eigenvalue weighted by Crippen LogP contribution is -2.49. The predicted molar refractivity (Wildman–Crippen MR) is 86.5 cm³/mol. The standard InChI is InChI=1S/C15H22Cl2N2O2/c1-2-18-5-7-19(8-6-18)10-13(20)11-21-15-4-3-12(16)9-14(15)17/h3-4,9,13,20H,2,5-8,10-11H2,1H3/t13-/m0/s1. The van der Waals surface area contributed by atoms with E-state index in [0.717, 1.165) is 32.7 Å². The van der Waals surface area contributed by atoms with Crippen molar-refractivity contribution >= 4 is 23.2 Å². The molecule has 1 aromatic rings. The molecule has 0 saturated carbocycles. The highest BCUT2D eigenvalue weighted by atomic mass is 35.5. The molecule has 0 bridgehead atoms. The molecule has 1 aliphatic heterocycles. The minimum atomic E-state index is -0.523. The van der Waals surface area contributed by atoms with Crippen LogP contribution in [0.15, 0.2) is 18.2 Å². The molecule has 1 fully saturated rings. The number of hydrogen-bond acceptors (Lipinski definition) is 4. The van der Waals surface area contributed by atoms with Crippen LogP contribution in [0, 0.1) is 0 Å². The van der Waals surface area contributed by atoms with Gasteiger partial charge >= 0.3 is 0 Å². The maximum Gasteiger partial charge on any atom is 0.138 e. The van der Waals surface area contributed by atoms with Crippen molar-refractivity contribution in [2.75, 3.05) is 45.9 Å². The van der Waals surface area contributed by atoms with E-state index < -0.39 is 6.10 Å². The highest BCUT2D eigenvalue weighted by Crippen LogP contribution is 2.27. The number of aliphatic hydroxyl groups is 1. The van der Waals surface area contributed by atoms with E-state index in [1.165, 1.54) is 0 Å². The van der Waals surface area contributed by atoms with E-state index in [0.29, 0.717) is 22.3 Å². The van der Waals surface area contributed by atoms with Crippen molar-refractivity contribution in [3.05, 3.63) is 28.2 Å². The quantitative estimate of drug-likeness (QED) is 0.867. The van der Waals surface area contributed by atoms with Gasteiger partial charge in [0.1, 0.15) is 18.5 Å². The van der Waals surface area contributed by atoms with Crippen molar-refractivity contribution in [2.24, 2.45) is 0 Å². The van der Waals surface area contributed by atoms with Crippen LogP contribution in [0.4, 0.5) is 0 Å². The Morgan fingerprint density at radius 1 is 1.19 bits per heavy atom. The minimum absolute atomic E-state index is 0.231. The molecular formula is C15H22Cl2N2O2. The van der Waals surface area contributed by atoms with E-state index >= 15 is 0 Å². The van der Waals surface area contributed by atoms with Crippen molar-refractivity contribution in [1.29, 1.82) is 0 Å². The number of piperazine rings is 1. The van der Waals surface area contributed by atoms with Crippen LogP contribution in [0.25, 0.3) is 0 Å². The van der Waals surface area contributed by atoms with Crippen molar-refractivity contribution in [3.8, 4) is 5.75 Å². The number of ether oxygens (including phenoxy) is 1. The first-order chi connectivity index (χ1) is 10.1. The zero-order valence-electron chi connectivity index (χ0n) is 12.3. The van der Waals surface area contributed by atoms with Gasteiger partial charge in [-0.25, -0.2) is 0 Å². The number of hydrogen-bond donors (Lipinski definition) is 1. The first-order valence-corrected chi connectivity index (χ1v) is 8.04. The Kier molecular flexibility index (Phi) is 6.58. The first-order valence-electron chi connectivity index (χ1n) is 7.29. The fourth-order valence-corrected chi connectivity index (χ4v) is 2.88. The zero-order valence-corrected chi connectivity index (χ0v) is 13.8. The van der Waals surface area contributed by atoms with Gasteiger partial charge in [-0.05, 0) is 24.7 Å². The zero-order chi connectivity index (χ0) is 15.2. The van der Waals surface area contributed by atoms with Crippen LogP contribution in [0.5, 0.6) is 5.75 Å². The maximum absolute atomic E-state index is 10.1. The molecule has 6 heteroatoms. The summed E-state index contributed by atoms with van der Waals surface area (Å²) in [5, 5.41) is 11.1. The lowest BCUT2D eigenvalue weighted by molar-refractivity contribution is 0.0471. The van der Waals surface area contributed by atoms with Crippen molar-refractivity contribution in [2.45, 2.75) is 13.0 Å². The molecule has 21 heavy (non-hydrogen) atoms. The SMILES string of the molecule is CCN1CCN(C[C@H](O)COc2ccc(Cl)cc2Cl)CC1. The predicted octanol–water partition coefficient (Wildman–Crippen LogP) is 2.37. The van der Waals surface area contributed by atoms with Gasteiger partial charge in [0.15, 0.2) is 0 Å². The Hall–Kier alpha value is -0.520. The third-order valence-corrected chi connectivity index (χ3v) is 4.24. The Bertz CT molecular complexity index is 451. The summed E-state index contributed by atoms with van der Waals surface area (Å²) in [6.45, 7) is 8.24. The molecule has 0 aliphatic carbocycles. The highest BCUT2D eigenvalue weighted by Gasteiger charge is 2.18. The summed E-state index contributed by atoms with van der Waals surface area (Å²) in [4.78, 5) is 4.68. The van der Waals surface area contributed by atoms with Crippen LogP contribution in [-0.4, -0.2) is 66.9 Å². The third-order valence-electron chi connectivity index (χ3n) is 3.71. The second kappa shape index (κ2) is 8.20. The summed E-state index contributed by atoms with van der Waals surface area (Å²) in [6.07, 6.45) is -0.523. The number of aliphatic hydroxyl groups excluding tert-OH is 1. The Morgan fingerprint density at radius 3 is 2.48 bits per heavy atom. The van der Waals surface area contributed by atoms with E-state index in [4.69, 9.17) is 27.9 Å². The highest BCUT2D eigenvalue weighted by molar-refractivity contribution is 6.35. The monoisotopic (exact) mass is 332 g/mol. The molecule has 0 unspecified atom stereocenters. The van der Waals surface area contributed by atoms with Crippen LogP contribution >= 0.6 is 23.2 Å². The van der Waals surface area contributed by atoms with E-state index in [-0.39, 0.29) is 6.61 Å². The van der Waals surface area contributed by atoms with Gasteiger partial charge in [-0.15, -0.1) is 0 Å². The molecule has 1 saturated heterocycles. The molecule has 2 rings (SSSR count). The Morgan fingerprint density at radius 2 is 1.86 bits per heavy atom. The van der Waals surface area contributed by atoms with Crippen LogP contribution in [-0.2, 0) is 0 Å². The summed E-state index contributed by atoms with van der Waals surface area (Å²) in [6, 6.07) is 5.07. The molecule has 1 N–H and O–H groups in total. The van der Waals surface area contributed by atoms with Crippen molar-refractivity contribution in [3.63, 3.8) is 0 Å². The average Bonchev–Trinajstić information content (AvgIpc) is 2.47. The third kappa shape index (κ3) is 5.31. The molecule has 4 nitrogen and oxygen atoms in total. The summed E-state index contributed by atoms with van der Waals surface area (Å²) in [5.74, 6) is 0.552. The number of nitrogens with zero attached hydrogens (tertiary/aromatic N) is 2. The second-order valence-corrected chi connectivity index (χ2v) is 6.12. The van der Waals surface area contributed by atoms with E-state index in [2.05, 4.69) is 16.7 Å². The van der Waals surface area contributed by atoms with E-state index in [1.807, 2.05) is 0 Å². The maximum atomic E-state index is 10.1. The molecule has 0 amide bonds. The van der Waals surface area contributed by atoms with Crippen molar-refractivity contribution in [1.82, 2.24) is 9.80 Å². The molecule has 1 aliphatic rings. The van der Waals surface area contributed by atoms with Crippen LogP contribution < -0.4 is 4.74 Å².